The van der Waals surface area contributed by atoms with Crippen LogP contribution >= 0.6 is 23.8 Å². The van der Waals surface area contributed by atoms with Crippen LogP contribution in [0, 0.1) is 0 Å². The minimum Gasteiger partial charge on any atom is -0.376 e. The molecule has 0 aliphatic carbocycles. The van der Waals surface area contributed by atoms with Crippen molar-refractivity contribution in [1.82, 2.24) is 10.3 Å². The molecular formula is C13H12ClN3S. The van der Waals surface area contributed by atoms with E-state index < -0.39 is 0 Å². The van der Waals surface area contributed by atoms with E-state index in [2.05, 4.69) is 10.3 Å². The van der Waals surface area contributed by atoms with Gasteiger partial charge >= 0.3 is 0 Å². The molecule has 2 aromatic rings. The first-order valence-electron chi connectivity index (χ1n) is 5.39. The number of nitrogens with zero attached hydrogens (tertiary/aromatic N) is 1. The number of thiocarbonyl (C=S) groups is 1. The van der Waals surface area contributed by atoms with Gasteiger partial charge in [0.05, 0.1) is 11.7 Å². The van der Waals surface area contributed by atoms with Crippen LogP contribution in [0.15, 0.2) is 48.7 Å². The highest BCUT2D eigenvalue weighted by Gasteiger charge is 2.15. The van der Waals surface area contributed by atoms with Crippen molar-refractivity contribution < 1.29 is 0 Å². The van der Waals surface area contributed by atoms with E-state index >= 15 is 0 Å². The van der Waals surface area contributed by atoms with Crippen LogP contribution in [-0.4, -0.2) is 10.1 Å². The van der Waals surface area contributed by atoms with Gasteiger partial charge in [-0.1, -0.05) is 29.8 Å². The molecule has 18 heavy (non-hydrogen) atoms. The maximum atomic E-state index is 5.88. The highest BCUT2D eigenvalue weighted by atomic mass is 35.5. The smallest absolute Gasteiger partial charge is 0.164 e. The first-order valence-corrected chi connectivity index (χ1v) is 6.18. The molecule has 1 unspecified atom stereocenters. The molecule has 1 atom stereocenters. The number of pyridine rings is 1. The zero-order chi connectivity index (χ0) is 13.0. The summed E-state index contributed by atoms with van der Waals surface area (Å²) in [7, 11) is 0. The number of nitrogens with one attached hydrogen (secondary N) is 1. The topological polar surface area (TPSA) is 50.9 Å². The SMILES string of the molecule is NC(=S)NC(c1ccc(Cl)cc1)c1ccccn1. The van der Waals surface area contributed by atoms with Crippen LogP contribution in [0.1, 0.15) is 17.3 Å². The molecule has 3 nitrogen and oxygen atoms in total. The minimum absolute atomic E-state index is 0.166. The summed E-state index contributed by atoms with van der Waals surface area (Å²) in [6.07, 6.45) is 1.74. The van der Waals surface area contributed by atoms with E-state index in [1.807, 2.05) is 42.5 Å². The Morgan fingerprint density at radius 3 is 2.50 bits per heavy atom. The summed E-state index contributed by atoms with van der Waals surface area (Å²) in [5.74, 6) is 0. The predicted octanol–water partition coefficient (Wildman–Crippen LogP) is 2.66. The molecule has 1 aromatic carbocycles. The Bertz CT molecular complexity index is 528. The molecule has 0 amide bonds. The summed E-state index contributed by atoms with van der Waals surface area (Å²) >= 11 is 10.8. The van der Waals surface area contributed by atoms with E-state index in [1.165, 1.54) is 0 Å². The second-order valence-electron chi connectivity index (χ2n) is 3.75. The van der Waals surface area contributed by atoms with Crippen molar-refractivity contribution in [2.24, 2.45) is 5.73 Å². The van der Waals surface area contributed by atoms with Gasteiger partial charge in [-0.05, 0) is 42.0 Å². The summed E-state index contributed by atoms with van der Waals surface area (Å²) in [5.41, 5.74) is 7.42. The number of nitrogens with two attached hydrogens (primary N) is 1. The van der Waals surface area contributed by atoms with Gasteiger partial charge in [0.2, 0.25) is 0 Å². The molecule has 2 rings (SSSR count). The monoisotopic (exact) mass is 277 g/mol. The molecular weight excluding hydrogens is 266 g/mol. The Morgan fingerprint density at radius 2 is 1.94 bits per heavy atom. The van der Waals surface area contributed by atoms with Crippen LogP contribution in [0.5, 0.6) is 0 Å². The molecule has 1 aromatic heterocycles. The molecule has 0 bridgehead atoms. The van der Waals surface area contributed by atoms with Crippen molar-refractivity contribution in [2.45, 2.75) is 6.04 Å². The molecule has 0 aliphatic rings. The molecule has 0 saturated carbocycles. The third-order valence-corrected chi connectivity index (χ3v) is 2.84. The van der Waals surface area contributed by atoms with Gasteiger partial charge in [0.15, 0.2) is 5.11 Å². The van der Waals surface area contributed by atoms with Gasteiger partial charge in [0.25, 0.3) is 0 Å². The van der Waals surface area contributed by atoms with Crippen molar-refractivity contribution in [3.63, 3.8) is 0 Å². The lowest BCUT2D eigenvalue weighted by Gasteiger charge is -2.18. The van der Waals surface area contributed by atoms with Crippen molar-refractivity contribution in [3.8, 4) is 0 Å². The molecule has 1 heterocycles. The number of halogens is 1. The zero-order valence-electron chi connectivity index (χ0n) is 9.51. The fourth-order valence-corrected chi connectivity index (χ4v) is 1.92. The van der Waals surface area contributed by atoms with Gasteiger partial charge in [0, 0.05) is 11.2 Å². The van der Waals surface area contributed by atoms with Crippen molar-refractivity contribution in [1.29, 1.82) is 0 Å². The Balaban J connectivity index is 2.36. The van der Waals surface area contributed by atoms with E-state index in [4.69, 9.17) is 29.6 Å². The second kappa shape index (κ2) is 5.80. The summed E-state index contributed by atoms with van der Waals surface area (Å²) in [5, 5.41) is 3.96. The average Bonchev–Trinajstić information content (AvgIpc) is 2.38. The van der Waals surface area contributed by atoms with Gasteiger partial charge in [-0.15, -0.1) is 0 Å². The standard InChI is InChI=1S/C13H12ClN3S/c14-10-6-4-9(5-7-10)12(17-13(15)18)11-3-1-2-8-16-11/h1-8,12H,(H3,15,17,18). The van der Waals surface area contributed by atoms with Gasteiger partial charge < -0.3 is 11.1 Å². The van der Waals surface area contributed by atoms with Gasteiger partial charge in [-0.2, -0.15) is 0 Å². The molecule has 0 spiro atoms. The van der Waals surface area contributed by atoms with Crippen molar-refractivity contribution in [2.75, 3.05) is 0 Å². The Labute approximate surface area is 116 Å². The van der Waals surface area contributed by atoms with Gasteiger partial charge in [-0.3, -0.25) is 4.98 Å². The number of aromatic nitrogens is 1. The van der Waals surface area contributed by atoms with Crippen LogP contribution in [0.3, 0.4) is 0 Å². The van der Waals surface area contributed by atoms with Crippen LogP contribution in [0.2, 0.25) is 5.02 Å². The molecule has 3 N–H and O–H groups in total. The van der Waals surface area contributed by atoms with Crippen molar-refractivity contribution >= 4 is 28.9 Å². The highest BCUT2D eigenvalue weighted by molar-refractivity contribution is 7.80. The third-order valence-electron chi connectivity index (χ3n) is 2.47. The molecule has 0 aliphatic heterocycles. The van der Waals surface area contributed by atoms with Crippen LogP contribution in [0.4, 0.5) is 0 Å². The van der Waals surface area contributed by atoms with Crippen LogP contribution in [0.25, 0.3) is 0 Å². The molecule has 5 heteroatoms. The van der Waals surface area contributed by atoms with E-state index in [0.29, 0.717) is 5.02 Å². The highest BCUT2D eigenvalue weighted by Crippen LogP contribution is 2.21. The molecule has 92 valence electrons. The van der Waals surface area contributed by atoms with E-state index in [1.54, 1.807) is 6.20 Å². The summed E-state index contributed by atoms with van der Waals surface area (Å²) < 4.78 is 0. The van der Waals surface area contributed by atoms with Crippen LogP contribution < -0.4 is 11.1 Å². The molecule has 0 fully saturated rings. The summed E-state index contributed by atoms with van der Waals surface area (Å²) in [6.45, 7) is 0. The Kier molecular flexibility index (Phi) is 4.12. The zero-order valence-corrected chi connectivity index (χ0v) is 11.1. The third kappa shape index (κ3) is 3.18. The summed E-state index contributed by atoms with van der Waals surface area (Å²) in [6, 6.07) is 13.0. The quantitative estimate of drug-likeness (QED) is 0.847. The fraction of sp³-hybridized carbons (Fsp3) is 0.0769. The first kappa shape index (κ1) is 12.8. The predicted molar refractivity (Wildman–Crippen MR) is 77.5 cm³/mol. The number of benzene rings is 1. The van der Waals surface area contributed by atoms with Crippen molar-refractivity contribution in [3.05, 3.63) is 64.9 Å². The lowest BCUT2D eigenvalue weighted by Crippen LogP contribution is -2.33. The maximum absolute atomic E-state index is 5.88. The van der Waals surface area contributed by atoms with E-state index in [0.717, 1.165) is 11.3 Å². The second-order valence-corrected chi connectivity index (χ2v) is 4.62. The lowest BCUT2D eigenvalue weighted by molar-refractivity contribution is 0.737. The average molecular weight is 278 g/mol. The molecule has 0 saturated heterocycles. The van der Waals surface area contributed by atoms with Crippen LogP contribution in [-0.2, 0) is 0 Å². The van der Waals surface area contributed by atoms with E-state index in [9.17, 15) is 0 Å². The fourth-order valence-electron chi connectivity index (χ4n) is 1.67. The first-order chi connectivity index (χ1) is 8.66. The number of hydrogen-bond donors (Lipinski definition) is 2. The molecule has 0 radical (unpaired) electrons. The number of rotatable bonds is 3. The minimum atomic E-state index is -0.166. The van der Waals surface area contributed by atoms with E-state index in [-0.39, 0.29) is 11.2 Å². The normalized spacial score (nSPS) is 11.8. The maximum Gasteiger partial charge on any atom is 0.164 e. The summed E-state index contributed by atoms with van der Waals surface area (Å²) in [4.78, 5) is 4.32. The number of hydrogen-bond acceptors (Lipinski definition) is 2. The van der Waals surface area contributed by atoms with Gasteiger partial charge in [-0.25, -0.2) is 0 Å². The Hall–Kier alpha value is -1.65. The largest absolute Gasteiger partial charge is 0.376 e. The van der Waals surface area contributed by atoms with Gasteiger partial charge in [0.1, 0.15) is 0 Å². The Morgan fingerprint density at radius 1 is 1.22 bits per heavy atom. The lowest BCUT2D eigenvalue weighted by atomic mass is 10.0.